The number of nitrogens with two attached hydrogens (primary N) is 1. The predicted molar refractivity (Wildman–Crippen MR) is 76.1 cm³/mol. The number of carbonyl (C=O) groups excluding carboxylic acids is 1. The number of pyridine rings is 1. The van der Waals surface area contributed by atoms with Gasteiger partial charge < -0.3 is 15.8 Å². The fourth-order valence-corrected chi connectivity index (χ4v) is 2.09. The van der Waals surface area contributed by atoms with Gasteiger partial charge in [-0.1, -0.05) is 0 Å². The number of nitrogens with zero attached hydrogens (tertiary/aromatic N) is 1. The zero-order valence-electron chi connectivity index (χ0n) is 10.9. The van der Waals surface area contributed by atoms with Gasteiger partial charge in [-0.25, -0.2) is 9.78 Å². The molecule has 0 saturated carbocycles. The lowest BCUT2D eigenvalue weighted by Crippen LogP contribution is -2.19. The molecule has 100 valence electrons. The Bertz CT molecular complexity index is 412. The van der Waals surface area contributed by atoms with E-state index in [1.54, 1.807) is 18.0 Å². The van der Waals surface area contributed by atoms with Gasteiger partial charge in [0.15, 0.2) is 0 Å². The van der Waals surface area contributed by atoms with E-state index in [1.807, 2.05) is 0 Å². The molecular weight excluding hydrogens is 250 g/mol. The number of hydrogen-bond acceptors (Lipinski definition) is 6. The number of ether oxygens (including phenoxy) is 1. The average molecular weight is 269 g/mol. The van der Waals surface area contributed by atoms with Crippen LogP contribution in [0.5, 0.6) is 0 Å². The highest BCUT2D eigenvalue weighted by atomic mass is 32.2. The van der Waals surface area contributed by atoms with Crippen molar-refractivity contribution in [1.82, 2.24) is 4.98 Å². The van der Waals surface area contributed by atoms with Crippen LogP contribution in [0.3, 0.4) is 0 Å². The maximum atomic E-state index is 11.6. The second-order valence-electron chi connectivity index (χ2n) is 3.97. The van der Waals surface area contributed by atoms with Gasteiger partial charge in [0.2, 0.25) is 0 Å². The molecule has 0 saturated heterocycles. The van der Waals surface area contributed by atoms with E-state index in [1.165, 1.54) is 13.2 Å². The third-order valence-corrected chi connectivity index (χ3v) is 3.13. The number of carbonyl (C=O) groups is 1. The maximum Gasteiger partial charge on any atom is 0.340 e. The Morgan fingerprint density at radius 3 is 3.00 bits per heavy atom. The van der Waals surface area contributed by atoms with Gasteiger partial charge in [0.25, 0.3) is 0 Å². The number of thioether (sulfide) groups is 1. The lowest BCUT2D eigenvalue weighted by atomic mass is 10.2. The van der Waals surface area contributed by atoms with Crippen LogP contribution < -0.4 is 11.1 Å². The summed E-state index contributed by atoms with van der Waals surface area (Å²) in [7, 11) is 1.35. The van der Waals surface area contributed by atoms with Crippen LogP contribution in [0.1, 0.15) is 23.7 Å². The van der Waals surface area contributed by atoms with Crippen molar-refractivity contribution < 1.29 is 9.53 Å². The molecule has 5 nitrogen and oxygen atoms in total. The molecule has 0 fully saturated rings. The van der Waals surface area contributed by atoms with Crippen LogP contribution in [-0.4, -0.2) is 36.1 Å². The second kappa shape index (κ2) is 7.10. The van der Waals surface area contributed by atoms with Crippen molar-refractivity contribution in [3.05, 3.63) is 17.8 Å². The highest BCUT2D eigenvalue weighted by Crippen LogP contribution is 2.19. The molecule has 0 spiro atoms. The fourth-order valence-electron chi connectivity index (χ4n) is 1.50. The van der Waals surface area contributed by atoms with Crippen LogP contribution in [0.15, 0.2) is 12.3 Å². The Kier molecular flexibility index (Phi) is 5.77. The van der Waals surface area contributed by atoms with Crippen molar-refractivity contribution in [1.29, 1.82) is 0 Å². The van der Waals surface area contributed by atoms with E-state index in [9.17, 15) is 4.79 Å². The summed E-state index contributed by atoms with van der Waals surface area (Å²) in [4.78, 5) is 15.6. The number of nitrogen functional groups attached to an aromatic ring is 1. The molecule has 1 aromatic heterocycles. The van der Waals surface area contributed by atoms with Gasteiger partial charge in [0.1, 0.15) is 5.82 Å². The van der Waals surface area contributed by atoms with E-state index >= 15 is 0 Å². The largest absolute Gasteiger partial charge is 0.465 e. The fraction of sp³-hybridized carbons (Fsp3) is 0.500. The number of nitrogens with one attached hydrogen (secondary N) is 1. The molecule has 1 unspecified atom stereocenters. The van der Waals surface area contributed by atoms with Crippen molar-refractivity contribution in [2.75, 3.05) is 30.2 Å². The Balaban J connectivity index is 2.84. The molecular formula is C12H19N3O2S. The molecule has 6 heteroatoms. The zero-order chi connectivity index (χ0) is 13.5. The van der Waals surface area contributed by atoms with Crippen molar-refractivity contribution in [2.24, 2.45) is 0 Å². The van der Waals surface area contributed by atoms with Gasteiger partial charge in [0.05, 0.1) is 24.6 Å². The van der Waals surface area contributed by atoms with E-state index in [-0.39, 0.29) is 6.04 Å². The molecule has 1 atom stereocenters. The second-order valence-corrected chi connectivity index (χ2v) is 4.96. The molecule has 0 aliphatic heterocycles. The molecule has 0 aliphatic carbocycles. The van der Waals surface area contributed by atoms with Crippen LogP contribution in [0.25, 0.3) is 0 Å². The first-order valence-corrected chi connectivity index (χ1v) is 7.07. The van der Waals surface area contributed by atoms with Crippen LogP contribution in [-0.2, 0) is 4.74 Å². The summed E-state index contributed by atoms with van der Waals surface area (Å²) in [6, 6.07) is 1.78. The van der Waals surface area contributed by atoms with Gasteiger partial charge in [-0.15, -0.1) is 0 Å². The summed E-state index contributed by atoms with van der Waals surface area (Å²) in [5.41, 5.74) is 6.66. The molecule has 1 aromatic rings. The molecule has 0 bridgehead atoms. The average Bonchev–Trinajstić information content (AvgIpc) is 2.37. The van der Waals surface area contributed by atoms with Crippen molar-refractivity contribution >= 4 is 29.2 Å². The number of methoxy groups -OCH3 is 1. The SMILES string of the molecule is COC(=O)c1cc(N)ncc1NC(C)CCSC. The van der Waals surface area contributed by atoms with Crippen molar-refractivity contribution in [2.45, 2.75) is 19.4 Å². The van der Waals surface area contributed by atoms with Crippen LogP contribution >= 0.6 is 11.8 Å². The molecule has 0 aromatic carbocycles. The summed E-state index contributed by atoms with van der Waals surface area (Å²) in [6.07, 6.45) is 4.64. The van der Waals surface area contributed by atoms with Gasteiger partial charge in [-0.2, -0.15) is 11.8 Å². The molecule has 0 amide bonds. The Hall–Kier alpha value is -1.43. The predicted octanol–water partition coefficient (Wildman–Crippen LogP) is 2.00. The molecule has 3 N–H and O–H groups in total. The van der Waals surface area contributed by atoms with Gasteiger partial charge in [-0.3, -0.25) is 0 Å². The summed E-state index contributed by atoms with van der Waals surface area (Å²) < 4.78 is 4.73. The van der Waals surface area contributed by atoms with E-state index < -0.39 is 5.97 Å². The van der Waals surface area contributed by atoms with Crippen LogP contribution in [0, 0.1) is 0 Å². The minimum atomic E-state index is -0.413. The van der Waals surface area contributed by atoms with Crippen molar-refractivity contribution in [3.63, 3.8) is 0 Å². The summed E-state index contributed by atoms with van der Waals surface area (Å²) >= 11 is 1.79. The first kappa shape index (κ1) is 14.6. The Labute approximate surface area is 111 Å². The lowest BCUT2D eigenvalue weighted by molar-refractivity contribution is 0.0601. The molecule has 0 radical (unpaired) electrons. The minimum absolute atomic E-state index is 0.256. The molecule has 18 heavy (non-hydrogen) atoms. The third kappa shape index (κ3) is 4.10. The number of anilines is 2. The highest BCUT2D eigenvalue weighted by Gasteiger charge is 2.14. The summed E-state index contributed by atoms with van der Waals surface area (Å²) in [5, 5.41) is 3.26. The first-order valence-electron chi connectivity index (χ1n) is 5.67. The smallest absolute Gasteiger partial charge is 0.340 e. The van der Waals surface area contributed by atoms with Gasteiger partial charge in [-0.05, 0) is 31.4 Å². The standard InChI is InChI=1S/C12H19N3O2S/c1-8(4-5-18-3)15-10-7-14-11(13)6-9(10)12(16)17-2/h6-8,15H,4-5H2,1-3H3,(H2,13,14). The first-order chi connectivity index (χ1) is 8.58. The number of esters is 1. The Morgan fingerprint density at radius 1 is 1.67 bits per heavy atom. The maximum absolute atomic E-state index is 11.6. The van der Waals surface area contributed by atoms with E-state index in [0.29, 0.717) is 17.1 Å². The lowest BCUT2D eigenvalue weighted by Gasteiger charge is -2.16. The monoisotopic (exact) mass is 269 g/mol. The molecule has 0 aliphatic rings. The summed E-state index contributed by atoms with van der Waals surface area (Å²) in [6.45, 7) is 2.06. The normalized spacial score (nSPS) is 11.9. The van der Waals surface area contributed by atoms with Crippen LogP contribution in [0.4, 0.5) is 11.5 Å². The molecule has 1 rings (SSSR count). The summed E-state index contributed by atoms with van der Waals surface area (Å²) in [5.74, 6) is 0.950. The van der Waals surface area contributed by atoms with Gasteiger partial charge >= 0.3 is 5.97 Å². The minimum Gasteiger partial charge on any atom is -0.465 e. The topological polar surface area (TPSA) is 77.2 Å². The number of rotatable bonds is 6. The zero-order valence-corrected chi connectivity index (χ0v) is 11.7. The number of hydrogen-bond donors (Lipinski definition) is 2. The van der Waals surface area contributed by atoms with Crippen molar-refractivity contribution in [3.8, 4) is 0 Å². The van der Waals surface area contributed by atoms with Crippen LogP contribution in [0.2, 0.25) is 0 Å². The highest BCUT2D eigenvalue weighted by molar-refractivity contribution is 7.98. The van der Waals surface area contributed by atoms with E-state index in [0.717, 1.165) is 12.2 Å². The number of aromatic nitrogens is 1. The third-order valence-electron chi connectivity index (χ3n) is 2.49. The van der Waals surface area contributed by atoms with Gasteiger partial charge in [0, 0.05) is 6.04 Å². The Morgan fingerprint density at radius 2 is 2.39 bits per heavy atom. The molecule has 1 heterocycles. The quantitative estimate of drug-likeness (QED) is 0.769. The van der Waals surface area contributed by atoms with E-state index in [4.69, 9.17) is 10.5 Å². The van der Waals surface area contributed by atoms with E-state index in [2.05, 4.69) is 23.5 Å².